The molecule has 0 nitrogen and oxygen atoms in total. The molecule has 0 aliphatic carbocycles. The van der Waals surface area contributed by atoms with E-state index in [9.17, 15) is 0 Å². The lowest BCUT2D eigenvalue weighted by atomic mass is 10.1. The van der Waals surface area contributed by atoms with Crippen LogP contribution in [0.3, 0.4) is 0 Å². The van der Waals surface area contributed by atoms with Crippen LogP contribution in [-0.4, -0.2) is 10.2 Å². The van der Waals surface area contributed by atoms with Crippen molar-refractivity contribution in [2.45, 2.75) is 9.65 Å². The van der Waals surface area contributed by atoms with Crippen LogP contribution in [0.5, 0.6) is 0 Å². The molecule has 0 saturated carbocycles. The van der Waals surface area contributed by atoms with E-state index in [4.69, 9.17) is 0 Å². The van der Waals surface area contributed by atoms with Crippen LogP contribution in [0.15, 0.2) is 30.3 Å². The highest BCUT2D eigenvalue weighted by Gasteiger charge is 2.15. The van der Waals surface area contributed by atoms with E-state index in [0.29, 0.717) is 9.65 Å². The molecular weight excluding hydrogens is 348 g/mol. The first-order valence-electron chi connectivity index (χ1n) is 3.64. The summed E-state index contributed by atoms with van der Waals surface area (Å²) < 4.78 is 0. The van der Waals surface area contributed by atoms with Gasteiger partial charge in [-0.25, -0.2) is 0 Å². The SMILES string of the molecule is BrC[C@@H](Br)[C@@H](Br)c1ccccc1. The van der Waals surface area contributed by atoms with E-state index in [1.807, 2.05) is 6.07 Å². The van der Waals surface area contributed by atoms with Gasteiger partial charge in [0.2, 0.25) is 0 Å². The van der Waals surface area contributed by atoms with Crippen LogP contribution in [0, 0.1) is 0 Å². The zero-order valence-electron chi connectivity index (χ0n) is 6.38. The molecule has 0 aromatic heterocycles. The van der Waals surface area contributed by atoms with Crippen LogP contribution < -0.4 is 0 Å². The third kappa shape index (κ3) is 2.86. The molecule has 1 rings (SSSR count). The van der Waals surface area contributed by atoms with Crippen molar-refractivity contribution in [1.82, 2.24) is 0 Å². The number of hydrogen-bond donors (Lipinski definition) is 0. The fourth-order valence-electron chi connectivity index (χ4n) is 0.924. The van der Waals surface area contributed by atoms with Gasteiger partial charge in [0.25, 0.3) is 0 Å². The summed E-state index contributed by atoms with van der Waals surface area (Å²) in [6, 6.07) is 10.4. The summed E-state index contributed by atoms with van der Waals surface area (Å²) in [5.41, 5.74) is 1.30. The molecule has 0 radical (unpaired) electrons. The fraction of sp³-hybridized carbons (Fsp3) is 0.333. The summed E-state index contributed by atoms with van der Waals surface area (Å²) in [6.45, 7) is 0. The van der Waals surface area contributed by atoms with Crippen molar-refractivity contribution in [3.63, 3.8) is 0 Å². The van der Waals surface area contributed by atoms with E-state index in [-0.39, 0.29) is 0 Å². The molecule has 12 heavy (non-hydrogen) atoms. The van der Waals surface area contributed by atoms with Crippen molar-refractivity contribution < 1.29 is 0 Å². The molecule has 1 aromatic rings. The maximum Gasteiger partial charge on any atom is 0.0528 e. The molecule has 0 amide bonds. The predicted octanol–water partition coefficient (Wildman–Crippen LogP) is 4.28. The van der Waals surface area contributed by atoms with E-state index in [1.54, 1.807) is 0 Å². The Balaban J connectivity index is 2.71. The predicted molar refractivity (Wildman–Crippen MR) is 64.6 cm³/mol. The average molecular weight is 357 g/mol. The van der Waals surface area contributed by atoms with Crippen LogP contribution in [0.25, 0.3) is 0 Å². The molecular formula is C9H9Br3. The first kappa shape index (κ1) is 10.7. The van der Waals surface area contributed by atoms with Crippen molar-refractivity contribution in [2.24, 2.45) is 0 Å². The Morgan fingerprint density at radius 3 is 2.17 bits per heavy atom. The van der Waals surface area contributed by atoms with Crippen LogP contribution in [0.2, 0.25) is 0 Å². The van der Waals surface area contributed by atoms with Gasteiger partial charge in [0.05, 0.1) is 4.83 Å². The van der Waals surface area contributed by atoms with E-state index in [0.717, 1.165) is 5.33 Å². The molecule has 0 fully saturated rings. The molecule has 66 valence electrons. The van der Waals surface area contributed by atoms with E-state index >= 15 is 0 Å². The molecule has 0 N–H and O–H groups in total. The summed E-state index contributed by atoms with van der Waals surface area (Å²) in [6.07, 6.45) is 0. The lowest BCUT2D eigenvalue weighted by Gasteiger charge is -2.14. The van der Waals surface area contributed by atoms with Gasteiger partial charge < -0.3 is 0 Å². The van der Waals surface area contributed by atoms with E-state index in [1.165, 1.54) is 5.56 Å². The van der Waals surface area contributed by atoms with Gasteiger partial charge in [0.1, 0.15) is 0 Å². The molecule has 3 heteroatoms. The van der Waals surface area contributed by atoms with Crippen molar-refractivity contribution in [1.29, 1.82) is 0 Å². The number of hydrogen-bond acceptors (Lipinski definition) is 0. The fourth-order valence-corrected chi connectivity index (χ4v) is 2.60. The minimum atomic E-state index is 0.373. The van der Waals surface area contributed by atoms with Crippen LogP contribution in [-0.2, 0) is 0 Å². The summed E-state index contributed by atoms with van der Waals surface area (Å²) in [5, 5.41) is 0.942. The minimum Gasteiger partial charge on any atom is -0.0915 e. The van der Waals surface area contributed by atoms with Gasteiger partial charge >= 0.3 is 0 Å². The third-order valence-corrected chi connectivity index (χ3v) is 5.88. The van der Waals surface area contributed by atoms with Crippen LogP contribution in [0.1, 0.15) is 10.4 Å². The molecule has 0 saturated heterocycles. The minimum absolute atomic E-state index is 0.373. The Labute approximate surface area is 98.1 Å². The summed E-state index contributed by atoms with van der Waals surface area (Å²) in [5.74, 6) is 0. The quantitative estimate of drug-likeness (QED) is 0.709. The molecule has 0 heterocycles. The first-order valence-corrected chi connectivity index (χ1v) is 6.60. The number of halogens is 3. The maximum absolute atomic E-state index is 3.63. The number of benzene rings is 1. The van der Waals surface area contributed by atoms with Gasteiger partial charge in [-0.15, -0.1) is 0 Å². The van der Waals surface area contributed by atoms with Crippen molar-refractivity contribution >= 4 is 47.8 Å². The molecule has 0 bridgehead atoms. The zero-order chi connectivity index (χ0) is 8.97. The number of alkyl halides is 3. The van der Waals surface area contributed by atoms with Gasteiger partial charge in [-0.3, -0.25) is 0 Å². The summed E-state index contributed by atoms with van der Waals surface area (Å²) >= 11 is 10.7. The monoisotopic (exact) mass is 354 g/mol. The Bertz CT molecular complexity index is 222. The van der Waals surface area contributed by atoms with Gasteiger partial charge in [-0.1, -0.05) is 78.1 Å². The second-order valence-corrected chi connectivity index (χ2v) is 5.29. The zero-order valence-corrected chi connectivity index (χ0v) is 11.1. The molecule has 2 atom stereocenters. The van der Waals surface area contributed by atoms with Gasteiger partial charge in [-0.05, 0) is 5.56 Å². The summed E-state index contributed by atoms with van der Waals surface area (Å²) in [4.78, 5) is 0.804. The second kappa shape index (κ2) is 5.40. The standard InChI is InChI=1S/C9H9Br3/c10-6-8(11)9(12)7-4-2-1-3-5-7/h1-5,8-9H,6H2/t8-,9+/m1/s1. The average Bonchev–Trinajstić information content (AvgIpc) is 2.17. The molecule has 0 spiro atoms. The van der Waals surface area contributed by atoms with Gasteiger partial charge in [-0.2, -0.15) is 0 Å². The van der Waals surface area contributed by atoms with Crippen molar-refractivity contribution in [2.75, 3.05) is 5.33 Å². The molecule has 0 aliphatic heterocycles. The number of rotatable bonds is 3. The van der Waals surface area contributed by atoms with E-state index in [2.05, 4.69) is 72.1 Å². The lowest BCUT2D eigenvalue weighted by Crippen LogP contribution is -2.07. The Morgan fingerprint density at radius 1 is 1.08 bits per heavy atom. The molecule has 1 aromatic carbocycles. The smallest absolute Gasteiger partial charge is 0.0528 e. The Hall–Kier alpha value is 0.660. The molecule has 0 aliphatic rings. The highest BCUT2D eigenvalue weighted by molar-refractivity contribution is 9.13. The van der Waals surface area contributed by atoms with Gasteiger partial charge in [0, 0.05) is 10.2 Å². The Kier molecular flexibility index (Phi) is 4.84. The van der Waals surface area contributed by atoms with Crippen molar-refractivity contribution in [3.8, 4) is 0 Å². The molecule has 0 unspecified atom stereocenters. The van der Waals surface area contributed by atoms with E-state index < -0.39 is 0 Å². The highest BCUT2D eigenvalue weighted by atomic mass is 79.9. The lowest BCUT2D eigenvalue weighted by molar-refractivity contribution is 0.965. The van der Waals surface area contributed by atoms with Crippen LogP contribution in [0.4, 0.5) is 0 Å². The highest BCUT2D eigenvalue weighted by Crippen LogP contribution is 2.31. The topological polar surface area (TPSA) is 0 Å². The second-order valence-electron chi connectivity index (χ2n) is 2.48. The van der Waals surface area contributed by atoms with Crippen LogP contribution >= 0.6 is 47.8 Å². The third-order valence-electron chi connectivity index (χ3n) is 1.58. The first-order chi connectivity index (χ1) is 5.75. The largest absolute Gasteiger partial charge is 0.0915 e. The Morgan fingerprint density at radius 2 is 1.67 bits per heavy atom. The normalized spacial score (nSPS) is 15.6. The van der Waals surface area contributed by atoms with Gasteiger partial charge in [0.15, 0.2) is 0 Å². The summed E-state index contributed by atoms with van der Waals surface area (Å²) in [7, 11) is 0. The maximum atomic E-state index is 3.63. The van der Waals surface area contributed by atoms with Crippen molar-refractivity contribution in [3.05, 3.63) is 35.9 Å².